The average Bonchev–Trinajstić information content (AvgIpc) is 3.08. The Balaban J connectivity index is 2.15. The molecule has 0 spiro atoms. The minimum Gasteiger partial charge on any atom is -0.496 e. The third kappa shape index (κ3) is 2.43. The molecule has 6 heteroatoms. The van der Waals surface area contributed by atoms with Gasteiger partial charge in [0.2, 0.25) is 0 Å². The van der Waals surface area contributed by atoms with Gasteiger partial charge in [0, 0.05) is 18.5 Å². The summed E-state index contributed by atoms with van der Waals surface area (Å²) in [7, 11) is 3.24. The van der Waals surface area contributed by atoms with Crippen LogP contribution in [0.15, 0.2) is 49.1 Å². The maximum absolute atomic E-state index is 5.41. The molecular formula is C15H14N4O2. The van der Waals surface area contributed by atoms with Crippen LogP contribution in [-0.2, 0) is 0 Å². The van der Waals surface area contributed by atoms with Gasteiger partial charge >= 0.3 is 0 Å². The van der Waals surface area contributed by atoms with E-state index in [4.69, 9.17) is 9.47 Å². The summed E-state index contributed by atoms with van der Waals surface area (Å²) in [5.74, 6) is 2.07. The van der Waals surface area contributed by atoms with Crippen LogP contribution in [0.4, 0.5) is 0 Å². The Labute approximate surface area is 122 Å². The molecule has 1 aromatic carbocycles. The lowest BCUT2D eigenvalue weighted by molar-refractivity contribution is 0.397. The SMILES string of the molecule is COc1cccc(OC)c1-c1cc(-n2cccn2)ncn1. The van der Waals surface area contributed by atoms with Gasteiger partial charge in [-0.15, -0.1) is 0 Å². The van der Waals surface area contributed by atoms with Crippen molar-refractivity contribution in [1.29, 1.82) is 0 Å². The quantitative estimate of drug-likeness (QED) is 0.735. The number of nitrogens with zero attached hydrogens (tertiary/aromatic N) is 4. The molecule has 0 aliphatic heterocycles. The zero-order chi connectivity index (χ0) is 14.7. The van der Waals surface area contributed by atoms with Crippen molar-refractivity contribution in [3.63, 3.8) is 0 Å². The number of ether oxygens (including phenoxy) is 2. The van der Waals surface area contributed by atoms with Crippen molar-refractivity contribution in [2.75, 3.05) is 14.2 Å². The Morgan fingerprint density at radius 3 is 2.38 bits per heavy atom. The fraction of sp³-hybridized carbons (Fsp3) is 0.133. The minimum absolute atomic E-state index is 0.679. The maximum atomic E-state index is 5.41. The van der Waals surface area contributed by atoms with E-state index in [0.717, 1.165) is 5.56 Å². The molecule has 21 heavy (non-hydrogen) atoms. The zero-order valence-electron chi connectivity index (χ0n) is 11.7. The molecule has 3 aromatic rings. The van der Waals surface area contributed by atoms with Gasteiger partial charge < -0.3 is 9.47 Å². The number of methoxy groups -OCH3 is 2. The lowest BCUT2D eigenvalue weighted by Gasteiger charge is -2.12. The summed E-state index contributed by atoms with van der Waals surface area (Å²) in [6, 6.07) is 9.29. The molecule has 0 saturated heterocycles. The maximum Gasteiger partial charge on any atom is 0.157 e. The average molecular weight is 282 g/mol. The van der Waals surface area contributed by atoms with Crippen LogP contribution in [0, 0.1) is 0 Å². The lowest BCUT2D eigenvalue weighted by Crippen LogP contribution is -2.00. The number of benzene rings is 1. The Hall–Kier alpha value is -2.89. The number of aromatic nitrogens is 4. The third-order valence-electron chi connectivity index (χ3n) is 3.08. The van der Waals surface area contributed by atoms with Gasteiger partial charge in [0.1, 0.15) is 17.8 Å². The molecule has 0 bridgehead atoms. The molecule has 0 aliphatic rings. The topological polar surface area (TPSA) is 62.1 Å². The van der Waals surface area contributed by atoms with E-state index in [-0.39, 0.29) is 0 Å². The van der Waals surface area contributed by atoms with Crippen LogP contribution < -0.4 is 9.47 Å². The van der Waals surface area contributed by atoms with Gasteiger partial charge in [-0.25, -0.2) is 14.6 Å². The predicted molar refractivity (Wildman–Crippen MR) is 77.7 cm³/mol. The molecule has 6 nitrogen and oxygen atoms in total. The van der Waals surface area contributed by atoms with Crippen LogP contribution >= 0.6 is 0 Å². The van der Waals surface area contributed by atoms with Crippen LogP contribution in [0.5, 0.6) is 11.5 Å². The first-order valence-corrected chi connectivity index (χ1v) is 6.37. The fourth-order valence-electron chi connectivity index (χ4n) is 2.12. The summed E-state index contributed by atoms with van der Waals surface area (Å²) < 4.78 is 12.5. The number of hydrogen-bond donors (Lipinski definition) is 0. The van der Waals surface area contributed by atoms with Crippen molar-refractivity contribution in [2.45, 2.75) is 0 Å². The van der Waals surface area contributed by atoms with E-state index < -0.39 is 0 Å². The first kappa shape index (κ1) is 13.1. The van der Waals surface area contributed by atoms with E-state index >= 15 is 0 Å². The second kappa shape index (κ2) is 5.62. The Morgan fingerprint density at radius 2 is 1.76 bits per heavy atom. The Kier molecular flexibility index (Phi) is 3.51. The molecule has 3 rings (SSSR count). The van der Waals surface area contributed by atoms with Gasteiger partial charge in [-0.1, -0.05) is 6.07 Å². The van der Waals surface area contributed by atoms with E-state index in [9.17, 15) is 0 Å². The third-order valence-corrected chi connectivity index (χ3v) is 3.08. The van der Waals surface area contributed by atoms with Crippen LogP contribution in [0.2, 0.25) is 0 Å². The summed E-state index contributed by atoms with van der Waals surface area (Å²) in [5, 5.41) is 4.17. The highest BCUT2D eigenvalue weighted by molar-refractivity contribution is 5.74. The van der Waals surface area contributed by atoms with Crippen molar-refractivity contribution in [2.24, 2.45) is 0 Å². The standard InChI is InChI=1S/C15H14N4O2/c1-20-12-5-3-6-13(21-2)15(12)11-9-14(17-10-16-11)19-8-4-7-18-19/h3-10H,1-2H3. The Morgan fingerprint density at radius 1 is 1.00 bits per heavy atom. The molecule has 0 fully saturated rings. The second-order valence-electron chi connectivity index (χ2n) is 4.25. The lowest BCUT2D eigenvalue weighted by atomic mass is 10.1. The van der Waals surface area contributed by atoms with Gasteiger partial charge in [0.15, 0.2) is 5.82 Å². The summed E-state index contributed by atoms with van der Waals surface area (Å²) in [6.07, 6.45) is 5.02. The molecule has 0 saturated carbocycles. The highest BCUT2D eigenvalue weighted by Crippen LogP contribution is 2.37. The highest BCUT2D eigenvalue weighted by atomic mass is 16.5. The molecule has 2 aromatic heterocycles. The van der Waals surface area contributed by atoms with Crippen LogP contribution in [0.3, 0.4) is 0 Å². The van der Waals surface area contributed by atoms with E-state index in [1.807, 2.05) is 36.5 Å². The second-order valence-corrected chi connectivity index (χ2v) is 4.25. The largest absolute Gasteiger partial charge is 0.496 e. The summed E-state index contributed by atoms with van der Waals surface area (Å²) in [4.78, 5) is 8.55. The first-order valence-electron chi connectivity index (χ1n) is 6.37. The number of hydrogen-bond acceptors (Lipinski definition) is 5. The highest BCUT2D eigenvalue weighted by Gasteiger charge is 2.14. The molecule has 0 amide bonds. The van der Waals surface area contributed by atoms with E-state index in [2.05, 4.69) is 15.1 Å². The minimum atomic E-state index is 0.679. The zero-order valence-corrected chi connectivity index (χ0v) is 11.7. The smallest absolute Gasteiger partial charge is 0.157 e. The molecule has 0 atom stereocenters. The molecule has 0 radical (unpaired) electrons. The first-order chi connectivity index (χ1) is 10.3. The summed E-state index contributed by atoms with van der Waals surface area (Å²) >= 11 is 0. The molecule has 106 valence electrons. The molecular weight excluding hydrogens is 268 g/mol. The van der Waals surface area contributed by atoms with Crippen LogP contribution in [-0.4, -0.2) is 34.0 Å². The van der Waals surface area contributed by atoms with Crippen molar-refractivity contribution in [3.05, 3.63) is 49.1 Å². The van der Waals surface area contributed by atoms with E-state index in [1.54, 1.807) is 25.1 Å². The van der Waals surface area contributed by atoms with Crippen molar-refractivity contribution >= 4 is 0 Å². The fourth-order valence-corrected chi connectivity index (χ4v) is 2.12. The Bertz CT molecular complexity index is 719. The predicted octanol–water partition coefficient (Wildman–Crippen LogP) is 2.35. The molecule has 0 unspecified atom stereocenters. The molecule has 0 aliphatic carbocycles. The summed E-state index contributed by atoms with van der Waals surface area (Å²) in [5.41, 5.74) is 1.50. The van der Waals surface area contributed by atoms with E-state index in [0.29, 0.717) is 23.0 Å². The molecule has 0 N–H and O–H groups in total. The van der Waals surface area contributed by atoms with Gasteiger partial charge in [-0.2, -0.15) is 5.10 Å². The summed E-state index contributed by atoms with van der Waals surface area (Å²) in [6.45, 7) is 0. The van der Waals surface area contributed by atoms with Crippen molar-refractivity contribution in [1.82, 2.24) is 19.7 Å². The van der Waals surface area contributed by atoms with Crippen molar-refractivity contribution in [3.8, 4) is 28.6 Å². The van der Waals surface area contributed by atoms with Gasteiger partial charge in [-0.3, -0.25) is 0 Å². The van der Waals surface area contributed by atoms with Gasteiger partial charge in [-0.05, 0) is 18.2 Å². The van der Waals surface area contributed by atoms with Crippen molar-refractivity contribution < 1.29 is 9.47 Å². The normalized spacial score (nSPS) is 10.4. The molecule has 2 heterocycles. The van der Waals surface area contributed by atoms with E-state index in [1.165, 1.54) is 6.33 Å². The van der Waals surface area contributed by atoms with Gasteiger partial charge in [0.05, 0.1) is 25.5 Å². The number of rotatable bonds is 4. The van der Waals surface area contributed by atoms with Crippen LogP contribution in [0.25, 0.3) is 17.1 Å². The van der Waals surface area contributed by atoms with Crippen LogP contribution in [0.1, 0.15) is 0 Å². The monoisotopic (exact) mass is 282 g/mol. The van der Waals surface area contributed by atoms with Gasteiger partial charge in [0.25, 0.3) is 0 Å².